The number of benzene rings is 1. The van der Waals surface area contributed by atoms with Gasteiger partial charge in [-0.25, -0.2) is 0 Å². The lowest BCUT2D eigenvalue weighted by Gasteiger charge is -2.16. The Morgan fingerprint density at radius 1 is 1.06 bits per heavy atom. The molecule has 2 N–H and O–H groups in total. The van der Waals surface area contributed by atoms with Crippen molar-refractivity contribution < 1.29 is 0 Å². The first-order valence-electron chi connectivity index (χ1n) is 6.21. The second-order valence-corrected chi connectivity index (χ2v) is 5.57. The molecule has 1 unspecified atom stereocenters. The van der Waals surface area contributed by atoms with Gasteiger partial charge in [-0.2, -0.15) is 0 Å². The van der Waals surface area contributed by atoms with Gasteiger partial charge >= 0.3 is 0 Å². The van der Waals surface area contributed by atoms with Gasteiger partial charge in [0.15, 0.2) is 0 Å². The maximum absolute atomic E-state index is 3.52. The maximum Gasteiger partial charge on any atom is 0.0208 e. The Bertz CT molecular complexity index is 309. The molecule has 1 aromatic rings. The number of thioether (sulfide) groups is 1. The summed E-state index contributed by atoms with van der Waals surface area (Å²) in [4.78, 5) is 1.32. The topological polar surface area (TPSA) is 24.1 Å². The Morgan fingerprint density at radius 2 is 1.71 bits per heavy atom. The molecule has 2 nitrogen and oxygen atoms in total. The van der Waals surface area contributed by atoms with Crippen molar-refractivity contribution in [3.05, 3.63) is 29.8 Å². The highest BCUT2D eigenvalue weighted by atomic mass is 32.2. The van der Waals surface area contributed by atoms with Crippen molar-refractivity contribution in [2.75, 3.05) is 12.8 Å². The smallest absolute Gasteiger partial charge is 0.0208 e. The molecular weight excluding hydrogens is 228 g/mol. The van der Waals surface area contributed by atoms with E-state index in [1.807, 2.05) is 0 Å². The maximum atomic E-state index is 3.52. The molecule has 17 heavy (non-hydrogen) atoms. The molecule has 0 bridgehead atoms. The highest BCUT2D eigenvalue weighted by Gasteiger charge is 2.02. The van der Waals surface area contributed by atoms with Crippen LogP contribution in [0.2, 0.25) is 0 Å². The molecule has 0 aliphatic rings. The van der Waals surface area contributed by atoms with Crippen molar-refractivity contribution in [1.29, 1.82) is 0 Å². The van der Waals surface area contributed by atoms with Gasteiger partial charge in [0.05, 0.1) is 0 Å². The molecule has 3 heteroatoms. The standard InChI is InChI=1S/C14H24N2S/c1-11(2)15-9-12(3)16-10-13-5-7-14(17-4)8-6-13/h5-8,11-12,15-16H,9-10H2,1-4H3. The molecule has 0 aliphatic heterocycles. The van der Waals surface area contributed by atoms with E-state index in [9.17, 15) is 0 Å². The molecular formula is C14H24N2S. The summed E-state index contributed by atoms with van der Waals surface area (Å²) in [6.45, 7) is 8.52. The normalized spacial score (nSPS) is 13.0. The van der Waals surface area contributed by atoms with Crippen LogP contribution in [0, 0.1) is 0 Å². The number of hydrogen-bond acceptors (Lipinski definition) is 3. The van der Waals surface area contributed by atoms with Gasteiger partial charge in [0.25, 0.3) is 0 Å². The SMILES string of the molecule is CSc1ccc(CNC(C)CNC(C)C)cc1. The fraction of sp³-hybridized carbons (Fsp3) is 0.571. The Labute approximate surface area is 110 Å². The van der Waals surface area contributed by atoms with Crippen LogP contribution in [0.15, 0.2) is 29.2 Å². The van der Waals surface area contributed by atoms with Crippen LogP contribution in [-0.4, -0.2) is 24.9 Å². The lowest BCUT2D eigenvalue weighted by atomic mass is 10.2. The Hall–Kier alpha value is -0.510. The minimum Gasteiger partial charge on any atom is -0.313 e. The zero-order valence-corrected chi connectivity index (χ0v) is 12.1. The van der Waals surface area contributed by atoms with Gasteiger partial charge in [0.2, 0.25) is 0 Å². The van der Waals surface area contributed by atoms with E-state index < -0.39 is 0 Å². The quantitative estimate of drug-likeness (QED) is 0.730. The Kier molecular flexibility index (Phi) is 6.63. The molecule has 1 aromatic carbocycles. The predicted molar refractivity (Wildman–Crippen MR) is 77.7 cm³/mol. The molecule has 0 saturated carbocycles. The minimum absolute atomic E-state index is 0.498. The third kappa shape index (κ3) is 6.10. The van der Waals surface area contributed by atoms with E-state index in [4.69, 9.17) is 0 Å². The van der Waals surface area contributed by atoms with Crippen LogP contribution in [0.4, 0.5) is 0 Å². The zero-order chi connectivity index (χ0) is 12.7. The van der Waals surface area contributed by atoms with Crippen LogP contribution in [0.3, 0.4) is 0 Å². The van der Waals surface area contributed by atoms with Crippen LogP contribution < -0.4 is 10.6 Å². The Balaban J connectivity index is 2.29. The van der Waals surface area contributed by atoms with Crippen LogP contribution >= 0.6 is 11.8 Å². The number of nitrogens with one attached hydrogen (secondary N) is 2. The average Bonchev–Trinajstić information content (AvgIpc) is 2.34. The highest BCUT2D eigenvalue weighted by molar-refractivity contribution is 7.98. The molecule has 1 atom stereocenters. The minimum atomic E-state index is 0.498. The largest absolute Gasteiger partial charge is 0.313 e. The molecule has 0 saturated heterocycles. The summed E-state index contributed by atoms with van der Waals surface area (Å²) < 4.78 is 0. The summed E-state index contributed by atoms with van der Waals surface area (Å²) in [5.74, 6) is 0. The number of rotatable bonds is 7. The van der Waals surface area contributed by atoms with Crippen molar-refractivity contribution in [1.82, 2.24) is 10.6 Å². The molecule has 0 aliphatic carbocycles. The summed E-state index contributed by atoms with van der Waals surface area (Å²) in [7, 11) is 0. The summed E-state index contributed by atoms with van der Waals surface area (Å²) >= 11 is 1.78. The van der Waals surface area contributed by atoms with Gasteiger partial charge < -0.3 is 10.6 Å². The van der Waals surface area contributed by atoms with Crippen LogP contribution in [0.25, 0.3) is 0 Å². The van der Waals surface area contributed by atoms with Gasteiger partial charge in [-0.05, 0) is 30.9 Å². The van der Waals surface area contributed by atoms with E-state index in [1.54, 1.807) is 11.8 Å². The van der Waals surface area contributed by atoms with E-state index in [0.29, 0.717) is 12.1 Å². The van der Waals surface area contributed by atoms with Gasteiger partial charge in [-0.15, -0.1) is 11.8 Å². The lowest BCUT2D eigenvalue weighted by Crippen LogP contribution is -2.38. The molecule has 0 radical (unpaired) electrons. The van der Waals surface area contributed by atoms with Gasteiger partial charge in [-0.1, -0.05) is 26.0 Å². The summed E-state index contributed by atoms with van der Waals surface area (Å²) in [5.41, 5.74) is 1.35. The Morgan fingerprint density at radius 3 is 2.24 bits per heavy atom. The summed E-state index contributed by atoms with van der Waals surface area (Å²) in [5, 5.41) is 6.96. The molecule has 0 spiro atoms. The van der Waals surface area contributed by atoms with E-state index >= 15 is 0 Å². The van der Waals surface area contributed by atoms with E-state index in [2.05, 4.69) is 61.9 Å². The van der Waals surface area contributed by atoms with E-state index in [-0.39, 0.29) is 0 Å². The second kappa shape index (κ2) is 7.75. The van der Waals surface area contributed by atoms with Crippen molar-refractivity contribution in [2.45, 2.75) is 44.3 Å². The van der Waals surface area contributed by atoms with Crippen molar-refractivity contribution in [3.63, 3.8) is 0 Å². The third-order valence-corrected chi connectivity index (χ3v) is 3.39. The monoisotopic (exact) mass is 252 g/mol. The van der Waals surface area contributed by atoms with Gasteiger partial charge in [0.1, 0.15) is 0 Å². The van der Waals surface area contributed by atoms with Crippen LogP contribution in [-0.2, 0) is 6.54 Å². The van der Waals surface area contributed by atoms with Crippen molar-refractivity contribution in [2.24, 2.45) is 0 Å². The van der Waals surface area contributed by atoms with Crippen LogP contribution in [0.5, 0.6) is 0 Å². The van der Waals surface area contributed by atoms with Crippen molar-refractivity contribution in [3.8, 4) is 0 Å². The molecule has 0 heterocycles. The molecule has 0 fully saturated rings. The van der Waals surface area contributed by atoms with E-state index in [0.717, 1.165) is 13.1 Å². The first kappa shape index (κ1) is 14.6. The average molecular weight is 252 g/mol. The predicted octanol–water partition coefficient (Wildman–Crippen LogP) is 2.88. The summed E-state index contributed by atoms with van der Waals surface area (Å²) in [6.07, 6.45) is 2.10. The summed E-state index contributed by atoms with van der Waals surface area (Å²) in [6, 6.07) is 9.80. The number of hydrogen-bond donors (Lipinski definition) is 2. The second-order valence-electron chi connectivity index (χ2n) is 4.69. The van der Waals surface area contributed by atoms with Gasteiger partial charge in [0, 0.05) is 30.1 Å². The highest BCUT2D eigenvalue weighted by Crippen LogP contribution is 2.14. The first-order chi connectivity index (χ1) is 8.11. The van der Waals surface area contributed by atoms with Gasteiger partial charge in [-0.3, -0.25) is 0 Å². The lowest BCUT2D eigenvalue weighted by molar-refractivity contribution is 0.474. The zero-order valence-electron chi connectivity index (χ0n) is 11.3. The van der Waals surface area contributed by atoms with Crippen LogP contribution in [0.1, 0.15) is 26.3 Å². The van der Waals surface area contributed by atoms with E-state index in [1.165, 1.54) is 10.5 Å². The molecule has 1 rings (SSSR count). The molecule has 0 amide bonds. The van der Waals surface area contributed by atoms with Crippen molar-refractivity contribution >= 4 is 11.8 Å². The third-order valence-electron chi connectivity index (χ3n) is 2.65. The fourth-order valence-electron chi connectivity index (χ4n) is 1.52. The molecule has 96 valence electrons. The molecule has 0 aromatic heterocycles. The fourth-order valence-corrected chi connectivity index (χ4v) is 1.93. The first-order valence-corrected chi connectivity index (χ1v) is 7.44.